The van der Waals surface area contributed by atoms with Gasteiger partial charge in [0.05, 0.1) is 15.4 Å². The highest BCUT2D eigenvalue weighted by atomic mass is 79.9. The first kappa shape index (κ1) is 12.0. The van der Waals surface area contributed by atoms with Gasteiger partial charge in [-0.3, -0.25) is 14.9 Å². The fraction of sp³-hybridized carbons (Fsp3) is 0.300. The Balaban J connectivity index is 2.37. The lowest BCUT2D eigenvalue weighted by molar-refractivity contribution is -0.387. The van der Waals surface area contributed by atoms with E-state index in [2.05, 4.69) is 15.9 Å². The Morgan fingerprint density at radius 2 is 2.24 bits per heavy atom. The lowest BCUT2D eigenvalue weighted by Gasteiger charge is -2.15. The molecule has 1 atom stereocenters. The van der Waals surface area contributed by atoms with Crippen molar-refractivity contribution in [2.45, 2.75) is 11.2 Å². The zero-order valence-corrected chi connectivity index (χ0v) is 10.2. The summed E-state index contributed by atoms with van der Waals surface area (Å²) in [5.41, 5.74) is -0.265. The van der Waals surface area contributed by atoms with E-state index in [1.54, 1.807) is 0 Å². The minimum atomic E-state index is -0.902. The van der Waals surface area contributed by atoms with Crippen LogP contribution >= 0.6 is 15.9 Å². The fourth-order valence-electron chi connectivity index (χ4n) is 1.71. The zero-order chi connectivity index (χ0) is 12.6. The summed E-state index contributed by atoms with van der Waals surface area (Å²) in [7, 11) is 0. The molecule has 0 N–H and O–H groups in total. The number of anilines is 1. The predicted octanol–water partition coefficient (Wildman–Crippen LogP) is 2.23. The Labute approximate surface area is 104 Å². The molecule has 0 aliphatic carbocycles. The maximum atomic E-state index is 13.1. The summed E-state index contributed by atoms with van der Waals surface area (Å²) in [6, 6.07) is 3.45. The van der Waals surface area contributed by atoms with Gasteiger partial charge in [0.25, 0.3) is 0 Å². The van der Waals surface area contributed by atoms with E-state index >= 15 is 0 Å². The Morgan fingerprint density at radius 3 is 2.76 bits per heavy atom. The number of carbonyl (C=O) groups excluding carboxylic acids is 1. The molecule has 1 fully saturated rings. The molecule has 1 aliphatic rings. The van der Waals surface area contributed by atoms with Gasteiger partial charge >= 0.3 is 5.69 Å². The Hall–Kier alpha value is -1.50. The highest BCUT2D eigenvalue weighted by Gasteiger charge is 2.31. The van der Waals surface area contributed by atoms with Crippen LogP contribution in [0.25, 0.3) is 0 Å². The monoisotopic (exact) mass is 302 g/mol. The molecule has 5 nitrogen and oxygen atoms in total. The van der Waals surface area contributed by atoms with Crippen LogP contribution in [0, 0.1) is 15.9 Å². The van der Waals surface area contributed by atoms with E-state index in [4.69, 9.17) is 0 Å². The van der Waals surface area contributed by atoms with Crippen LogP contribution in [0.2, 0.25) is 0 Å². The number of hydrogen-bond acceptors (Lipinski definition) is 3. The summed E-state index contributed by atoms with van der Waals surface area (Å²) in [4.78, 5) is 22.6. The lowest BCUT2D eigenvalue weighted by atomic mass is 10.2. The molecule has 0 radical (unpaired) electrons. The third-order valence-corrected chi connectivity index (χ3v) is 3.43. The summed E-state index contributed by atoms with van der Waals surface area (Å²) in [5, 5.41) is 10.6. The third kappa shape index (κ3) is 2.14. The van der Waals surface area contributed by atoms with Gasteiger partial charge in [0.2, 0.25) is 11.7 Å². The van der Waals surface area contributed by atoms with Gasteiger partial charge in [0, 0.05) is 12.6 Å². The molecule has 1 amide bonds. The van der Waals surface area contributed by atoms with Crippen molar-refractivity contribution in [3.05, 3.63) is 34.1 Å². The summed E-state index contributed by atoms with van der Waals surface area (Å²) in [5.74, 6) is -1.06. The number of nitro groups is 1. The van der Waals surface area contributed by atoms with Gasteiger partial charge in [-0.05, 0) is 18.6 Å². The normalized spacial score (nSPS) is 19.8. The lowest BCUT2D eigenvalue weighted by Crippen LogP contribution is -2.27. The fourth-order valence-corrected chi connectivity index (χ4v) is 2.16. The van der Waals surface area contributed by atoms with Gasteiger partial charge in [-0.15, -0.1) is 0 Å². The third-order valence-electron chi connectivity index (χ3n) is 2.58. The summed E-state index contributed by atoms with van der Waals surface area (Å²) < 4.78 is 13.1. The number of alkyl halides is 1. The summed E-state index contributed by atoms with van der Waals surface area (Å²) in [6.07, 6.45) is 0.629. The van der Waals surface area contributed by atoms with E-state index in [0.29, 0.717) is 18.7 Å². The van der Waals surface area contributed by atoms with Gasteiger partial charge in [0.1, 0.15) is 0 Å². The summed E-state index contributed by atoms with van der Waals surface area (Å²) >= 11 is 3.20. The van der Waals surface area contributed by atoms with Gasteiger partial charge in [-0.2, -0.15) is 4.39 Å². The standard InChI is InChI=1S/C10H8BrFN2O3/c11-7-3-4-13(10(7)15)6-1-2-8(12)9(5-6)14(16)17/h1-2,5,7H,3-4H2. The molecule has 1 unspecified atom stereocenters. The van der Waals surface area contributed by atoms with Crippen LogP contribution in [0.15, 0.2) is 18.2 Å². The molecular weight excluding hydrogens is 295 g/mol. The number of hydrogen-bond donors (Lipinski definition) is 0. The second kappa shape index (κ2) is 4.40. The minimum absolute atomic E-state index is 0.161. The smallest absolute Gasteiger partial charge is 0.306 e. The molecule has 1 aromatic carbocycles. The molecule has 17 heavy (non-hydrogen) atoms. The van der Waals surface area contributed by atoms with Crippen LogP contribution in [-0.2, 0) is 4.79 Å². The van der Waals surface area contributed by atoms with Crippen molar-refractivity contribution in [2.24, 2.45) is 0 Å². The molecule has 7 heteroatoms. The van der Waals surface area contributed by atoms with Crippen LogP contribution < -0.4 is 4.90 Å². The van der Waals surface area contributed by atoms with Crippen LogP contribution in [0.3, 0.4) is 0 Å². The number of rotatable bonds is 2. The van der Waals surface area contributed by atoms with Crippen molar-refractivity contribution in [3.63, 3.8) is 0 Å². The molecule has 1 aliphatic heterocycles. The molecular formula is C10H8BrFN2O3. The van der Waals surface area contributed by atoms with Crippen LogP contribution in [0.1, 0.15) is 6.42 Å². The molecule has 1 aromatic rings. The predicted molar refractivity (Wildman–Crippen MR) is 62.7 cm³/mol. The molecule has 1 saturated heterocycles. The molecule has 1 heterocycles. The summed E-state index contributed by atoms with van der Waals surface area (Å²) in [6.45, 7) is 0.470. The molecule has 90 valence electrons. The van der Waals surface area contributed by atoms with Crippen molar-refractivity contribution >= 4 is 33.2 Å². The Bertz CT molecular complexity index is 494. The van der Waals surface area contributed by atoms with Crippen molar-refractivity contribution in [3.8, 4) is 0 Å². The second-order valence-electron chi connectivity index (χ2n) is 3.64. The van der Waals surface area contributed by atoms with E-state index < -0.39 is 16.4 Å². The molecule has 0 aromatic heterocycles. The maximum Gasteiger partial charge on any atom is 0.306 e. The number of halogens is 2. The molecule has 0 bridgehead atoms. The van der Waals surface area contributed by atoms with Crippen molar-refractivity contribution in [1.82, 2.24) is 0 Å². The van der Waals surface area contributed by atoms with E-state index in [1.807, 2.05) is 0 Å². The number of carbonyl (C=O) groups is 1. The first-order chi connectivity index (χ1) is 8.00. The average molecular weight is 303 g/mol. The number of benzene rings is 1. The first-order valence-electron chi connectivity index (χ1n) is 4.90. The first-order valence-corrected chi connectivity index (χ1v) is 5.81. The topological polar surface area (TPSA) is 63.5 Å². The van der Waals surface area contributed by atoms with Crippen LogP contribution in [0.5, 0.6) is 0 Å². The van der Waals surface area contributed by atoms with Crippen molar-refractivity contribution in [2.75, 3.05) is 11.4 Å². The minimum Gasteiger partial charge on any atom is -0.311 e. The van der Waals surface area contributed by atoms with Crippen molar-refractivity contribution < 1.29 is 14.1 Å². The van der Waals surface area contributed by atoms with Gasteiger partial charge < -0.3 is 4.90 Å². The van der Waals surface area contributed by atoms with Crippen LogP contribution in [0.4, 0.5) is 15.8 Å². The SMILES string of the molecule is O=C1C(Br)CCN1c1ccc(F)c([N+](=O)[O-])c1. The quantitative estimate of drug-likeness (QED) is 0.478. The molecule has 0 spiro atoms. The van der Waals surface area contributed by atoms with E-state index in [1.165, 1.54) is 11.0 Å². The number of nitrogens with zero attached hydrogens (tertiary/aromatic N) is 2. The van der Waals surface area contributed by atoms with Gasteiger partial charge in [-0.25, -0.2) is 0 Å². The molecule has 0 saturated carbocycles. The van der Waals surface area contributed by atoms with E-state index in [-0.39, 0.29) is 10.7 Å². The highest BCUT2D eigenvalue weighted by molar-refractivity contribution is 9.10. The van der Waals surface area contributed by atoms with E-state index in [9.17, 15) is 19.3 Å². The van der Waals surface area contributed by atoms with Gasteiger partial charge in [-0.1, -0.05) is 15.9 Å². The second-order valence-corrected chi connectivity index (χ2v) is 4.74. The highest BCUT2D eigenvalue weighted by Crippen LogP contribution is 2.29. The van der Waals surface area contributed by atoms with E-state index in [0.717, 1.165) is 12.1 Å². The zero-order valence-electron chi connectivity index (χ0n) is 8.60. The maximum absolute atomic E-state index is 13.1. The average Bonchev–Trinajstić information content (AvgIpc) is 2.60. The van der Waals surface area contributed by atoms with Crippen LogP contribution in [-0.4, -0.2) is 22.2 Å². The Kier molecular flexibility index (Phi) is 3.10. The van der Waals surface area contributed by atoms with Crippen molar-refractivity contribution in [1.29, 1.82) is 0 Å². The largest absolute Gasteiger partial charge is 0.311 e. The molecule has 2 rings (SSSR count). The Morgan fingerprint density at radius 1 is 1.53 bits per heavy atom. The number of nitro benzene ring substituents is 1. The number of amides is 1. The van der Waals surface area contributed by atoms with Gasteiger partial charge in [0.15, 0.2) is 0 Å².